The van der Waals surface area contributed by atoms with Gasteiger partial charge in [-0.2, -0.15) is 0 Å². The number of halogens is 1. The molecule has 110 valence electrons. The molecule has 0 spiro atoms. The minimum Gasteiger partial charge on any atom is -0.467 e. The summed E-state index contributed by atoms with van der Waals surface area (Å²) >= 11 is 5.76. The molecule has 0 bridgehead atoms. The van der Waals surface area contributed by atoms with Gasteiger partial charge >= 0.3 is 5.97 Å². The molecule has 1 N–H and O–H groups in total. The normalized spacial score (nSPS) is 11.7. The van der Waals surface area contributed by atoms with E-state index < -0.39 is 18.5 Å². The lowest BCUT2D eigenvalue weighted by Gasteiger charge is -2.11. The lowest BCUT2D eigenvalue weighted by molar-refractivity contribution is -0.125. The van der Waals surface area contributed by atoms with Crippen LogP contribution < -0.4 is 5.32 Å². The Morgan fingerprint density at radius 1 is 1.43 bits per heavy atom. The third-order valence-electron chi connectivity index (χ3n) is 2.66. The van der Waals surface area contributed by atoms with Crippen LogP contribution in [0.15, 0.2) is 41.1 Å². The first-order chi connectivity index (χ1) is 10.1. The summed E-state index contributed by atoms with van der Waals surface area (Å²) in [7, 11) is 0. The van der Waals surface area contributed by atoms with Gasteiger partial charge in [0.25, 0.3) is 5.91 Å². The molecule has 0 saturated carbocycles. The maximum Gasteiger partial charge on any atom is 0.341 e. The molecule has 0 saturated heterocycles. The number of nitrogens with one attached hydrogen (secondary N) is 1. The summed E-state index contributed by atoms with van der Waals surface area (Å²) in [6.45, 7) is 1.35. The van der Waals surface area contributed by atoms with E-state index in [4.69, 9.17) is 20.8 Å². The van der Waals surface area contributed by atoms with Crippen LogP contribution in [-0.4, -0.2) is 23.5 Å². The number of pyridine rings is 1. The Kier molecular flexibility index (Phi) is 4.94. The van der Waals surface area contributed by atoms with E-state index in [9.17, 15) is 9.59 Å². The van der Waals surface area contributed by atoms with Gasteiger partial charge in [-0.1, -0.05) is 11.6 Å². The van der Waals surface area contributed by atoms with E-state index in [1.807, 2.05) is 0 Å². The highest BCUT2D eigenvalue weighted by Gasteiger charge is 2.16. The maximum absolute atomic E-state index is 11.7. The summed E-state index contributed by atoms with van der Waals surface area (Å²) < 4.78 is 10.0. The van der Waals surface area contributed by atoms with E-state index in [0.717, 1.165) is 0 Å². The van der Waals surface area contributed by atoms with Crippen molar-refractivity contribution >= 4 is 23.5 Å². The minimum atomic E-state index is -0.700. The topological polar surface area (TPSA) is 81.4 Å². The van der Waals surface area contributed by atoms with Crippen molar-refractivity contribution in [2.24, 2.45) is 0 Å². The minimum absolute atomic E-state index is 0.0341. The fourth-order valence-corrected chi connectivity index (χ4v) is 1.84. The lowest BCUT2D eigenvalue weighted by atomic mass is 10.2. The van der Waals surface area contributed by atoms with Crippen LogP contribution in [0.1, 0.15) is 29.1 Å². The SMILES string of the molecule is C[C@H](NC(=O)COC(=O)c1cccnc1Cl)c1ccco1. The van der Waals surface area contributed by atoms with E-state index in [1.54, 1.807) is 25.1 Å². The van der Waals surface area contributed by atoms with Gasteiger partial charge in [0.15, 0.2) is 6.61 Å². The fraction of sp³-hybridized carbons (Fsp3) is 0.214. The zero-order valence-electron chi connectivity index (χ0n) is 11.2. The van der Waals surface area contributed by atoms with Crippen LogP contribution in [0.3, 0.4) is 0 Å². The Hall–Kier alpha value is -2.34. The second kappa shape index (κ2) is 6.90. The number of carbonyl (C=O) groups excluding carboxylic acids is 2. The molecular weight excluding hydrogens is 296 g/mol. The van der Waals surface area contributed by atoms with Crippen molar-refractivity contribution in [2.45, 2.75) is 13.0 Å². The monoisotopic (exact) mass is 308 g/mol. The zero-order valence-corrected chi connectivity index (χ0v) is 12.0. The first kappa shape index (κ1) is 15.1. The number of nitrogens with zero attached hydrogens (tertiary/aromatic N) is 1. The lowest BCUT2D eigenvalue weighted by Crippen LogP contribution is -2.31. The third-order valence-corrected chi connectivity index (χ3v) is 2.96. The Morgan fingerprint density at radius 3 is 2.90 bits per heavy atom. The van der Waals surface area contributed by atoms with E-state index in [2.05, 4.69) is 10.3 Å². The van der Waals surface area contributed by atoms with Crippen molar-refractivity contribution in [2.75, 3.05) is 6.61 Å². The molecule has 21 heavy (non-hydrogen) atoms. The van der Waals surface area contributed by atoms with Crippen molar-refractivity contribution in [1.29, 1.82) is 0 Å². The number of esters is 1. The van der Waals surface area contributed by atoms with Crippen molar-refractivity contribution < 1.29 is 18.7 Å². The molecule has 2 rings (SSSR count). The number of aromatic nitrogens is 1. The van der Waals surface area contributed by atoms with Crippen molar-refractivity contribution in [1.82, 2.24) is 10.3 Å². The van der Waals surface area contributed by atoms with Crippen LogP contribution >= 0.6 is 11.6 Å². The Morgan fingerprint density at radius 2 is 2.24 bits per heavy atom. The highest BCUT2D eigenvalue weighted by Crippen LogP contribution is 2.13. The van der Waals surface area contributed by atoms with Gasteiger partial charge in [0.05, 0.1) is 17.9 Å². The molecule has 2 heterocycles. The highest BCUT2D eigenvalue weighted by atomic mass is 35.5. The molecule has 0 aromatic carbocycles. The average Bonchev–Trinajstić information content (AvgIpc) is 2.99. The van der Waals surface area contributed by atoms with Crippen molar-refractivity contribution in [3.05, 3.63) is 53.2 Å². The highest BCUT2D eigenvalue weighted by molar-refractivity contribution is 6.32. The number of hydrogen-bond donors (Lipinski definition) is 1. The number of rotatable bonds is 5. The summed E-state index contributed by atoms with van der Waals surface area (Å²) in [5.41, 5.74) is 0.117. The molecule has 2 aromatic heterocycles. The number of ether oxygens (including phenoxy) is 1. The van der Waals surface area contributed by atoms with Gasteiger partial charge in [0, 0.05) is 6.20 Å². The fourth-order valence-electron chi connectivity index (χ4n) is 1.64. The van der Waals surface area contributed by atoms with Crippen LogP contribution in [0.5, 0.6) is 0 Å². The molecule has 0 radical (unpaired) electrons. The zero-order chi connectivity index (χ0) is 15.2. The molecule has 7 heteroatoms. The van der Waals surface area contributed by atoms with E-state index in [0.29, 0.717) is 5.76 Å². The smallest absolute Gasteiger partial charge is 0.341 e. The van der Waals surface area contributed by atoms with Crippen LogP contribution in [0.2, 0.25) is 5.15 Å². The number of carbonyl (C=O) groups is 2. The Labute approximate surface area is 126 Å². The Bertz CT molecular complexity index is 628. The molecule has 2 aromatic rings. The van der Waals surface area contributed by atoms with Gasteiger partial charge in [0.1, 0.15) is 10.9 Å². The number of hydrogen-bond acceptors (Lipinski definition) is 5. The summed E-state index contributed by atoms with van der Waals surface area (Å²) in [6, 6.07) is 6.19. The summed E-state index contributed by atoms with van der Waals surface area (Å²) in [5, 5.41) is 2.68. The number of amides is 1. The second-order valence-electron chi connectivity index (χ2n) is 4.22. The van der Waals surface area contributed by atoms with Gasteiger partial charge in [-0.15, -0.1) is 0 Å². The average molecular weight is 309 g/mol. The summed E-state index contributed by atoms with van der Waals surface area (Å²) in [5.74, 6) is -0.522. The largest absolute Gasteiger partial charge is 0.467 e. The van der Waals surface area contributed by atoms with E-state index in [-0.39, 0.29) is 16.8 Å². The molecule has 6 nitrogen and oxygen atoms in total. The molecular formula is C14H13ClN2O4. The van der Waals surface area contributed by atoms with Crippen LogP contribution in [0.25, 0.3) is 0 Å². The summed E-state index contributed by atoms with van der Waals surface area (Å²) in [6.07, 6.45) is 2.97. The van der Waals surface area contributed by atoms with Crippen molar-refractivity contribution in [3.63, 3.8) is 0 Å². The molecule has 1 atom stereocenters. The second-order valence-corrected chi connectivity index (χ2v) is 4.58. The van der Waals surface area contributed by atoms with Gasteiger partial charge in [-0.05, 0) is 31.2 Å². The van der Waals surface area contributed by atoms with Gasteiger partial charge in [-0.25, -0.2) is 9.78 Å². The molecule has 0 aliphatic carbocycles. The first-order valence-corrected chi connectivity index (χ1v) is 6.56. The summed E-state index contributed by atoms with van der Waals surface area (Å²) in [4.78, 5) is 27.2. The molecule has 0 fully saturated rings. The molecule has 0 unspecified atom stereocenters. The van der Waals surface area contributed by atoms with Gasteiger partial charge < -0.3 is 14.5 Å². The number of furan rings is 1. The standard InChI is InChI=1S/C14H13ClN2O4/c1-9(11-5-3-7-20-11)17-12(18)8-21-14(19)10-4-2-6-16-13(10)15/h2-7,9H,8H2,1H3,(H,17,18)/t9-/m0/s1. The molecule has 0 aliphatic heterocycles. The maximum atomic E-state index is 11.7. The Balaban J connectivity index is 1.84. The molecule has 1 amide bonds. The quantitative estimate of drug-likeness (QED) is 0.677. The first-order valence-electron chi connectivity index (χ1n) is 6.18. The van der Waals surface area contributed by atoms with E-state index in [1.165, 1.54) is 18.5 Å². The predicted molar refractivity (Wildman–Crippen MR) is 74.8 cm³/mol. The van der Waals surface area contributed by atoms with Crippen LogP contribution in [-0.2, 0) is 9.53 Å². The van der Waals surface area contributed by atoms with Gasteiger partial charge in [0.2, 0.25) is 0 Å². The van der Waals surface area contributed by atoms with Crippen molar-refractivity contribution in [3.8, 4) is 0 Å². The predicted octanol–water partition coefficient (Wildman–Crippen LogP) is 2.36. The van der Waals surface area contributed by atoms with Gasteiger partial charge in [-0.3, -0.25) is 4.79 Å². The van der Waals surface area contributed by atoms with Crippen LogP contribution in [0.4, 0.5) is 0 Å². The van der Waals surface area contributed by atoms with Crippen LogP contribution in [0, 0.1) is 0 Å². The molecule has 0 aliphatic rings. The third kappa shape index (κ3) is 4.06. The van der Waals surface area contributed by atoms with E-state index >= 15 is 0 Å².